The lowest BCUT2D eigenvalue weighted by Gasteiger charge is -2.15. The van der Waals surface area contributed by atoms with E-state index in [4.69, 9.17) is 46.4 Å². The van der Waals surface area contributed by atoms with Gasteiger partial charge in [0.15, 0.2) is 0 Å². The van der Waals surface area contributed by atoms with Gasteiger partial charge in [0.1, 0.15) is 0 Å². The third kappa shape index (κ3) is 3.40. The monoisotopic (exact) mass is 495 g/mol. The van der Waals surface area contributed by atoms with Crippen LogP contribution in [0.5, 0.6) is 0 Å². The third-order valence-corrected chi connectivity index (χ3v) is 6.78. The van der Waals surface area contributed by atoms with Gasteiger partial charge in [-0.2, -0.15) is 0 Å². The number of imide groups is 1. The molecule has 158 valence electrons. The van der Waals surface area contributed by atoms with Crippen LogP contribution in [0, 0.1) is 13.8 Å². The van der Waals surface area contributed by atoms with Crippen LogP contribution in [0.4, 0.5) is 5.69 Å². The number of rotatable bonds is 3. The second-order valence-electron chi connectivity index (χ2n) is 6.89. The molecule has 0 saturated carbocycles. The Kier molecular flexibility index (Phi) is 5.52. The van der Waals surface area contributed by atoms with Gasteiger partial charge in [-0.1, -0.05) is 46.4 Å². The van der Waals surface area contributed by atoms with Gasteiger partial charge in [0.05, 0.1) is 36.9 Å². The molecule has 31 heavy (non-hydrogen) atoms. The number of nitrogens with one attached hydrogen (secondary N) is 1. The Labute approximate surface area is 197 Å². The van der Waals surface area contributed by atoms with E-state index in [2.05, 4.69) is 5.43 Å². The summed E-state index contributed by atoms with van der Waals surface area (Å²) in [4.78, 5) is 39.3. The number of aryl methyl sites for hydroxylation is 2. The van der Waals surface area contributed by atoms with Gasteiger partial charge in [-0.25, -0.2) is 4.90 Å². The molecule has 1 N–H and O–H groups in total. The molecule has 0 unspecified atom stereocenters. The summed E-state index contributed by atoms with van der Waals surface area (Å²) in [6.07, 6.45) is 0. The molecule has 0 atom stereocenters. The number of fused-ring (bicyclic) bond motifs is 1. The Bertz CT molecular complexity index is 1220. The molecular weight excluding hydrogens is 484 g/mol. The molecule has 1 aliphatic heterocycles. The largest absolute Gasteiger partial charge is 0.270 e. The zero-order valence-corrected chi connectivity index (χ0v) is 19.1. The quantitative estimate of drug-likeness (QED) is 0.278. The lowest BCUT2D eigenvalue weighted by Crippen LogP contribution is -2.29. The lowest BCUT2D eigenvalue weighted by molar-refractivity contribution is 0.0925. The molecule has 2 heterocycles. The number of amides is 3. The minimum Gasteiger partial charge on any atom is -0.268 e. The summed E-state index contributed by atoms with van der Waals surface area (Å²) < 4.78 is 1.66. The Morgan fingerprint density at radius 3 is 1.65 bits per heavy atom. The van der Waals surface area contributed by atoms with Crippen molar-refractivity contribution >= 4 is 69.8 Å². The second kappa shape index (κ2) is 7.88. The summed E-state index contributed by atoms with van der Waals surface area (Å²) in [5.74, 6) is -1.71. The van der Waals surface area contributed by atoms with Crippen LogP contribution in [0.2, 0.25) is 20.1 Å². The van der Waals surface area contributed by atoms with E-state index in [1.54, 1.807) is 4.68 Å². The Hall–Kier alpha value is -2.51. The number of carbonyl (C=O) groups is 3. The van der Waals surface area contributed by atoms with Crippen molar-refractivity contribution in [2.45, 2.75) is 13.8 Å². The number of aromatic nitrogens is 1. The average Bonchev–Trinajstić information content (AvgIpc) is 3.20. The molecule has 3 aromatic rings. The first-order valence-corrected chi connectivity index (χ1v) is 10.5. The van der Waals surface area contributed by atoms with Gasteiger partial charge in [0, 0.05) is 17.0 Å². The van der Waals surface area contributed by atoms with Crippen molar-refractivity contribution in [3.8, 4) is 0 Å². The van der Waals surface area contributed by atoms with E-state index >= 15 is 0 Å². The van der Waals surface area contributed by atoms with E-state index in [0.717, 1.165) is 16.3 Å². The maximum atomic E-state index is 12.9. The summed E-state index contributed by atoms with van der Waals surface area (Å²) >= 11 is 24.4. The van der Waals surface area contributed by atoms with E-state index in [0.29, 0.717) is 5.56 Å². The first kappa shape index (κ1) is 21.7. The van der Waals surface area contributed by atoms with Crippen molar-refractivity contribution in [2.24, 2.45) is 0 Å². The lowest BCUT2D eigenvalue weighted by atomic mass is 10.1. The van der Waals surface area contributed by atoms with E-state index in [9.17, 15) is 14.4 Å². The highest BCUT2D eigenvalue weighted by atomic mass is 35.5. The van der Waals surface area contributed by atoms with Crippen molar-refractivity contribution in [1.29, 1.82) is 0 Å². The summed E-state index contributed by atoms with van der Waals surface area (Å²) in [6.45, 7) is 3.74. The van der Waals surface area contributed by atoms with Crippen LogP contribution in [-0.4, -0.2) is 22.4 Å². The van der Waals surface area contributed by atoms with Gasteiger partial charge < -0.3 is 0 Å². The molecule has 2 aromatic carbocycles. The second-order valence-corrected chi connectivity index (χ2v) is 8.40. The van der Waals surface area contributed by atoms with Gasteiger partial charge in [-0.3, -0.25) is 24.5 Å². The van der Waals surface area contributed by atoms with Crippen LogP contribution in [0.25, 0.3) is 0 Å². The van der Waals surface area contributed by atoms with Gasteiger partial charge in [0.2, 0.25) is 0 Å². The first-order valence-electron chi connectivity index (χ1n) is 8.94. The first-order chi connectivity index (χ1) is 14.6. The van der Waals surface area contributed by atoms with E-state index < -0.39 is 11.8 Å². The summed E-state index contributed by atoms with van der Waals surface area (Å²) in [5, 5.41) is -0.476. The molecule has 6 nitrogen and oxygen atoms in total. The van der Waals surface area contributed by atoms with E-state index in [1.165, 1.54) is 24.3 Å². The number of benzene rings is 2. The van der Waals surface area contributed by atoms with E-state index in [-0.39, 0.29) is 42.8 Å². The third-order valence-electron chi connectivity index (χ3n) is 4.97. The number of carbonyl (C=O) groups excluding carboxylic acids is 3. The molecule has 1 aromatic heterocycles. The van der Waals surface area contributed by atoms with Crippen molar-refractivity contribution in [2.75, 3.05) is 10.3 Å². The average molecular weight is 497 g/mol. The fraction of sp³-hybridized carbons (Fsp3) is 0.0952. The number of nitrogens with zero attached hydrogens (tertiary/aromatic N) is 2. The molecular formula is C21H13Cl4N3O3. The molecule has 3 amide bonds. The summed E-state index contributed by atoms with van der Waals surface area (Å²) in [7, 11) is 0. The molecule has 1 aliphatic rings. The van der Waals surface area contributed by atoms with Gasteiger partial charge in [-0.15, -0.1) is 0 Å². The number of anilines is 1. The van der Waals surface area contributed by atoms with Gasteiger partial charge in [0.25, 0.3) is 17.7 Å². The molecule has 4 rings (SSSR count). The Morgan fingerprint density at radius 1 is 0.742 bits per heavy atom. The Balaban J connectivity index is 1.65. The minimum atomic E-state index is -0.679. The molecule has 0 bridgehead atoms. The van der Waals surface area contributed by atoms with Crippen LogP contribution >= 0.6 is 46.4 Å². The van der Waals surface area contributed by atoms with Crippen LogP contribution in [0.3, 0.4) is 0 Å². The highest BCUT2D eigenvalue weighted by molar-refractivity contribution is 6.56. The van der Waals surface area contributed by atoms with Crippen LogP contribution < -0.4 is 10.3 Å². The fourth-order valence-electron chi connectivity index (χ4n) is 3.36. The predicted molar refractivity (Wildman–Crippen MR) is 122 cm³/mol. The molecule has 10 heteroatoms. The summed E-state index contributed by atoms with van der Waals surface area (Å²) in [6, 6.07) is 9.75. The molecule has 0 saturated heterocycles. The van der Waals surface area contributed by atoms with Gasteiger partial charge >= 0.3 is 0 Å². The topological polar surface area (TPSA) is 71.4 Å². The standard InChI is InChI=1S/C21H13Cl4N3O3/c1-9-3-4-10(2)28(9)26-19(29)11-5-7-12(8-6-11)27-20(30)13-14(21(27)31)16(23)18(25)17(24)15(13)22/h3-8H,1-2H3,(H,26,29). The van der Waals surface area contributed by atoms with Crippen molar-refractivity contribution in [1.82, 2.24) is 4.68 Å². The molecule has 0 aliphatic carbocycles. The number of hydrogen-bond donors (Lipinski definition) is 1. The Morgan fingerprint density at radius 2 is 1.19 bits per heavy atom. The highest BCUT2D eigenvalue weighted by Crippen LogP contribution is 2.45. The van der Waals surface area contributed by atoms with Gasteiger partial charge in [-0.05, 0) is 50.2 Å². The maximum Gasteiger partial charge on any atom is 0.270 e. The van der Waals surface area contributed by atoms with Crippen LogP contribution in [0.1, 0.15) is 42.5 Å². The normalized spacial score (nSPS) is 13.0. The van der Waals surface area contributed by atoms with Crippen LogP contribution in [-0.2, 0) is 0 Å². The van der Waals surface area contributed by atoms with Crippen LogP contribution in [0.15, 0.2) is 36.4 Å². The number of halogens is 4. The minimum absolute atomic E-state index is 0.0994. The van der Waals surface area contributed by atoms with Crippen molar-refractivity contribution in [3.05, 3.63) is 84.6 Å². The molecule has 0 spiro atoms. The predicted octanol–water partition coefficient (Wildman–Crippen LogP) is 5.90. The van der Waals surface area contributed by atoms with E-state index in [1.807, 2.05) is 26.0 Å². The molecule has 0 fully saturated rings. The zero-order chi connectivity index (χ0) is 22.6. The number of hydrogen-bond acceptors (Lipinski definition) is 3. The van der Waals surface area contributed by atoms with Crippen molar-refractivity contribution < 1.29 is 14.4 Å². The maximum absolute atomic E-state index is 12.9. The fourth-order valence-corrected chi connectivity index (χ4v) is 4.37. The smallest absolute Gasteiger partial charge is 0.268 e. The zero-order valence-electron chi connectivity index (χ0n) is 16.1. The summed E-state index contributed by atoms with van der Waals surface area (Å²) in [5.41, 5.74) is 4.92. The molecule has 0 radical (unpaired) electrons. The van der Waals surface area contributed by atoms with Crippen molar-refractivity contribution in [3.63, 3.8) is 0 Å². The highest BCUT2D eigenvalue weighted by Gasteiger charge is 2.42. The SMILES string of the molecule is Cc1ccc(C)n1NC(=O)c1ccc(N2C(=O)c3c(Cl)c(Cl)c(Cl)c(Cl)c3C2=O)cc1.